The van der Waals surface area contributed by atoms with Gasteiger partial charge in [0.1, 0.15) is 0 Å². The van der Waals surface area contributed by atoms with Gasteiger partial charge >= 0.3 is 18.1 Å². The number of alkyl halides is 1. The van der Waals surface area contributed by atoms with E-state index in [0.29, 0.717) is 4.90 Å². The first-order valence-corrected chi connectivity index (χ1v) is 8.51. The topological polar surface area (TPSA) is 94.5 Å². The number of hydrogen-bond donors (Lipinski definition) is 3. The van der Waals surface area contributed by atoms with Crippen molar-refractivity contribution < 1.29 is 14.3 Å². The summed E-state index contributed by atoms with van der Waals surface area (Å²) in [6, 6.07) is -2.12. The third kappa shape index (κ3) is 5.57. The Hall–Kier alpha value is -1.15. The summed E-state index contributed by atoms with van der Waals surface area (Å²) in [5.41, 5.74) is 0. The molecule has 0 aliphatic heterocycles. The lowest BCUT2D eigenvalue weighted by Crippen LogP contribution is -2.52. The molecule has 0 aromatic rings. The van der Waals surface area contributed by atoms with Crippen LogP contribution >= 0.6 is 23.5 Å². The SMILES string of the molecule is COC(=N)N(C(=O)NSC1CCCCC1Cl)C(=O)NC(C)C. The molecule has 1 aliphatic rings. The van der Waals surface area contributed by atoms with Crippen LogP contribution in [0.1, 0.15) is 39.5 Å². The van der Waals surface area contributed by atoms with Gasteiger partial charge in [-0.3, -0.25) is 10.1 Å². The van der Waals surface area contributed by atoms with Crippen LogP contribution in [0.15, 0.2) is 0 Å². The second kappa shape index (κ2) is 9.09. The minimum Gasteiger partial charge on any atom is -0.468 e. The van der Waals surface area contributed by atoms with Crippen molar-refractivity contribution in [1.82, 2.24) is 14.9 Å². The number of imide groups is 1. The monoisotopic (exact) mass is 350 g/mol. The van der Waals surface area contributed by atoms with Gasteiger partial charge in [-0.15, -0.1) is 11.6 Å². The summed E-state index contributed by atoms with van der Waals surface area (Å²) in [7, 11) is 1.23. The number of halogens is 1. The Morgan fingerprint density at radius 1 is 1.32 bits per heavy atom. The zero-order valence-electron chi connectivity index (χ0n) is 13.0. The zero-order valence-corrected chi connectivity index (χ0v) is 14.6. The summed E-state index contributed by atoms with van der Waals surface area (Å²) < 4.78 is 7.29. The van der Waals surface area contributed by atoms with E-state index in [2.05, 4.69) is 10.0 Å². The van der Waals surface area contributed by atoms with E-state index in [4.69, 9.17) is 21.7 Å². The molecule has 7 nitrogen and oxygen atoms in total. The van der Waals surface area contributed by atoms with Crippen molar-refractivity contribution in [2.45, 2.75) is 56.2 Å². The minimum atomic E-state index is -0.718. The van der Waals surface area contributed by atoms with Crippen LogP contribution in [0.25, 0.3) is 0 Å². The van der Waals surface area contributed by atoms with Crippen molar-refractivity contribution in [3.8, 4) is 0 Å². The molecule has 0 radical (unpaired) electrons. The van der Waals surface area contributed by atoms with E-state index in [-0.39, 0.29) is 16.7 Å². The molecule has 0 bridgehead atoms. The molecule has 1 aliphatic carbocycles. The minimum absolute atomic E-state index is 0.00105. The van der Waals surface area contributed by atoms with Crippen molar-refractivity contribution in [3.63, 3.8) is 0 Å². The number of hydrogen-bond acceptors (Lipinski definition) is 5. The van der Waals surface area contributed by atoms with Gasteiger partial charge in [-0.2, -0.15) is 4.90 Å². The fourth-order valence-electron chi connectivity index (χ4n) is 2.04. The Balaban J connectivity index is 2.63. The zero-order chi connectivity index (χ0) is 16.7. The van der Waals surface area contributed by atoms with E-state index in [9.17, 15) is 9.59 Å². The maximum absolute atomic E-state index is 12.2. The highest BCUT2D eigenvalue weighted by molar-refractivity contribution is 7.98. The number of nitrogens with one attached hydrogen (secondary N) is 3. The van der Waals surface area contributed by atoms with Gasteiger partial charge in [-0.25, -0.2) is 9.59 Å². The van der Waals surface area contributed by atoms with Crippen molar-refractivity contribution in [2.75, 3.05) is 7.11 Å². The van der Waals surface area contributed by atoms with Crippen LogP contribution in [-0.4, -0.2) is 46.8 Å². The van der Waals surface area contributed by atoms with Crippen molar-refractivity contribution >= 4 is 41.6 Å². The van der Waals surface area contributed by atoms with E-state index in [1.165, 1.54) is 19.1 Å². The van der Waals surface area contributed by atoms with Crippen LogP contribution < -0.4 is 10.0 Å². The average Bonchev–Trinajstić information content (AvgIpc) is 2.45. The van der Waals surface area contributed by atoms with Gasteiger partial charge in [0.25, 0.3) is 0 Å². The molecular formula is C13H23ClN4O3S. The normalized spacial score (nSPS) is 21.1. The highest BCUT2D eigenvalue weighted by atomic mass is 35.5. The molecular weight excluding hydrogens is 328 g/mol. The quantitative estimate of drug-likeness (QED) is 0.315. The van der Waals surface area contributed by atoms with Gasteiger partial charge in [-0.1, -0.05) is 12.8 Å². The predicted octanol–water partition coefficient (Wildman–Crippen LogP) is 2.90. The lowest BCUT2D eigenvalue weighted by atomic mass is 10.00. The van der Waals surface area contributed by atoms with E-state index < -0.39 is 18.1 Å². The maximum atomic E-state index is 12.2. The third-order valence-corrected chi connectivity index (χ3v) is 4.97. The van der Waals surface area contributed by atoms with Crippen LogP contribution in [0.3, 0.4) is 0 Å². The molecule has 0 spiro atoms. The van der Waals surface area contributed by atoms with E-state index in [0.717, 1.165) is 25.7 Å². The summed E-state index contributed by atoms with van der Waals surface area (Å²) in [4.78, 5) is 24.8. The van der Waals surface area contributed by atoms with Gasteiger partial charge in [0.2, 0.25) is 0 Å². The number of carbonyl (C=O) groups is 2. The number of amides is 4. The van der Waals surface area contributed by atoms with Crippen LogP contribution in [-0.2, 0) is 4.74 Å². The first-order chi connectivity index (χ1) is 10.4. The Kier molecular flexibility index (Phi) is 7.81. The Labute approximate surface area is 140 Å². The lowest BCUT2D eigenvalue weighted by molar-refractivity contribution is 0.196. The molecule has 2 atom stereocenters. The molecule has 3 N–H and O–H groups in total. The molecule has 126 valence electrons. The summed E-state index contributed by atoms with van der Waals surface area (Å²) in [6.45, 7) is 3.53. The second-order valence-corrected chi connectivity index (χ2v) is 6.92. The number of methoxy groups -OCH3 is 1. The Bertz CT molecular complexity index is 422. The Morgan fingerprint density at radius 2 is 1.95 bits per heavy atom. The molecule has 0 aromatic heterocycles. The number of ether oxygens (including phenoxy) is 1. The summed E-state index contributed by atoms with van der Waals surface area (Å²) in [6.07, 6.45) is 4.00. The molecule has 4 amide bonds. The van der Waals surface area contributed by atoms with Gasteiger partial charge in [0.05, 0.1) is 7.11 Å². The van der Waals surface area contributed by atoms with Crippen LogP contribution in [0.5, 0.6) is 0 Å². The highest BCUT2D eigenvalue weighted by Gasteiger charge is 2.30. The number of carbonyl (C=O) groups excluding carboxylic acids is 2. The van der Waals surface area contributed by atoms with E-state index in [1.807, 2.05) is 0 Å². The predicted molar refractivity (Wildman–Crippen MR) is 88.3 cm³/mol. The van der Waals surface area contributed by atoms with Crippen molar-refractivity contribution in [1.29, 1.82) is 5.41 Å². The molecule has 2 unspecified atom stereocenters. The van der Waals surface area contributed by atoms with Crippen LogP contribution in [0.2, 0.25) is 0 Å². The van der Waals surface area contributed by atoms with E-state index >= 15 is 0 Å². The number of amidine groups is 1. The van der Waals surface area contributed by atoms with Crippen molar-refractivity contribution in [2.24, 2.45) is 0 Å². The summed E-state index contributed by atoms with van der Waals surface area (Å²) in [5, 5.41) is 10.3. The standard InChI is InChI=1S/C13H23ClN4O3S/c1-8(2)16-12(19)18(11(15)21-3)13(20)17-22-10-7-5-4-6-9(10)14/h8-10,15H,4-7H2,1-3H3,(H,16,19)(H,17,20). The van der Waals surface area contributed by atoms with Crippen molar-refractivity contribution in [3.05, 3.63) is 0 Å². The van der Waals surface area contributed by atoms with E-state index in [1.54, 1.807) is 13.8 Å². The van der Waals surface area contributed by atoms with Crippen LogP contribution in [0.4, 0.5) is 9.59 Å². The number of rotatable bonds is 3. The first kappa shape index (κ1) is 18.9. The summed E-state index contributed by atoms with van der Waals surface area (Å²) in [5.74, 6) is 0. The molecule has 0 aromatic carbocycles. The van der Waals surface area contributed by atoms with Crippen LogP contribution in [0, 0.1) is 5.41 Å². The highest BCUT2D eigenvalue weighted by Crippen LogP contribution is 2.30. The number of urea groups is 2. The maximum Gasteiger partial charge on any atom is 0.343 e. The average molecular weight is 351 g/mol. The first-order valence-electron chi connectivity index (χ1n) is 7.19. The fraction of sp³-hybridized carbons (Fsp3) is 0.769. The molecule has 1 rings (SSSR count). The third-order valence-electron chi connectivity index (χ3n) is 3.13. The molecule has 0 saturated heterocycles. The van der Waals surface area contributed by atoms with Gasteiger partial charge in [0, 0.05) is 16.7 Å². The Morgan fingerprint density at radius 3 is 2.50 bits per heavy atom. The second-order valence-electron chi connectivity index (χ2n) is 5.31. The smallest absolute Gasteiger partial charge is 0.343 e. The molecule has 0 heterocycles. The summed E-state index contributed by atoms with van der Waals surface area (Å²) >= 11 is 7.44. The lowest BCUT2D eigenvalue weighted by Gasteiger charge is -2.27. The van der Waals surface area contributed by atoms with Gasteiger partial charge in [-0.05, 0) is 38.6 Å². The number of nitrogens with zero attached hydrogens (tertiary/aromatic N) is 1. The molecule has 22 heavy (non-hydrogen) atoms. The molecule has 1 saturated carbocycles. The largest absolute Gasteiger partial charge is 0.468 e. The molecule has 1 fully saturated rings. The van der Waals surface area contributed by atoms with Gasteiger partial charge < -0.3 is 10.1 Å². The molecule has 9 heteroatoms. The van der Waals surface area contributed by atoms with Gasteiger partial charge in [0.15, 0.2) is 0 Å². The fourth-order valence-corrected chi connectivity index (χ4v) is 3.38.